The second kappa shape index (κ2) is 6.28. The second-order valence-electron chi connectivity index (χ2n) is 6.97. The van der Waals surface area contributed by atoms with Gasteiger partial charge in [0.1, 0.15) is 15.7 Å². The normalized spacial score (nSPS) is 17.0. The lowest BCUT2D eigenvalue weighted by Crippen LogP contribution is -2.15. The zero-order valence-electron chi connectivity index (χ0n) is 14.5. The largest absolute Gasteiger partial charge is 0.310 e. The van der Waals surface area contributed by atoms with Gasteiger partial charge in [-0.3, -0.25) is 4.79 Å². The summed E-state index contributed by atoms with van der Waals surface area (Å²) in [4.78, 5) is 27.5. The summed E-state index contributed by atoms with van der Waals surface area (Å²) in [7, 11) is 0. The Kier molecular flexibility index (Phi) is 3.90. The Balaban J connectivity index is 1.54. The highest BCUT2D eigenvalue weighted by Gasteiger charge is 2.24. The van der Waals surface area contributed by atoms with Gasteiger partial charge in [-0.05, 0) is 42.9 Å². The van der Waals surface area contributed by atoms with E-state index in [-0.39, 0.29) is 5.56 Å². The summed E-state index contributed by atoms with van der Waals surface area (Å²) < 4.78 is 1.17. The van der Waals surface area contributed by atoms with Crippen LogP contribution in [0.1, 0.15) is 41.0 Å². The zero-order chi connectivity index (χ0) is 17.7. The number of hydrogen-bond acceptors (Lipinski definition) is 5. The molecule has 4 nitrogen and oxygen atoms in total. The first-order valence-corrected chi connectivity index (χ1v) is 10.7. The Morgan fingerprint density at radius 3 is 2.96 bits per heavy atom. The Bertz CT molecular complexity index is 1140. The van der Waals surface area contributed by atoms with E-state index in [2.05, 4.69) is 23.0 Å². The summed E-state index contributed by atoms with van der Waals surface area (Å²) in [5.41, 5.74) is 2.27. The van der Waals surface area contributed by atoms with Crippen LogP contribution in [-0.4, -0.2) is 15.0 Å². The molecule has 1 aliphatic rings. The SMILES string of the molecule is CCC1CCc2c(sc3nc(Cc4nc5ccccc5s4)[nH]c(=O)c23)C1. The van der Waals surface area contributed by atoms with Gasteiger partial charge in [0.2, 0.25) is 0 Å². The van der Waals surface area contributed by atoms with E-state index < -0.39 is 0 Å². The molecule has 1 unspecified atom stereocenters. The molecule has 1 N–H and O–H groups in total. The fraction of sp³-hybridized carbons (Fsp3) is 0.350. The predicted octanol–water partition coefficient (Wildman–Crippen LogP) is 4.70. The van der Waals surface area contributed by atoms with Crippen molar-refractivity contribution in [3.8, 4) is 0 Å². The Labute approximate surface area is 159 Å². The quantitative estimate of drug-likeness (QED) is 0.559. The third kappa shape index (κ3) is 2.68. The van der Waals surface area contributed by atoms with E-state index in [9.17, 15) is 4.79 Å². The van der Waals surface area contributed by atoms with Crippen molar-refractivity contribution < 1.29 is 0 Å². The summed E-state index contributed by atoms with van der Waals surface area (Å²) in [6, 6.07) is 8.12. The molecule has 0 amide bonds. The summed E-state index contributed by atoms with van der Waals surface area (Å²) >= 11 is 3.38. The molecule has 6 heteroatoms. The standard InChI is InChI=1S/C20H19N3OS2/c1-2-11-7-8-12-15(9-11)26-20-18(12)19(24)22-16(23-20)10-17-21-13-5-3-4-6-14(13)25-17/h3-6,11H,2,7-10H2,1H3,(H,22,23,24). The highest BCUT2D eigenvalue weighted by molar-refractivity contribution is 7.19. The van der Waals surface area contributed by atoms with Crippen molar-refractivity contribution in [2.75, 3.05) is 0 Å². The molecule has 0 radical (unpaired) electrons. The van der Waals surface area contributed by atoms with Crippen LogP contribution < -0.4 is 5.56 Å². The van der Waals surface area contributed by atoms with Crippen LogP contribution in [0.3, 0.4) is 0 Å². The molecule has 1 aliphatic carbocycles. The van der Waals surface area contributed by atoms with E-state index in [1.165, 1.54) is 28.0 Å². The van der Waals surface area contributed by atoms with Crippen LogP contribution in [0.5, 0.6) is 0 Å². The number of aromatic nitrogens is 3. The predicted molar refractivity (Wildman–Crippen MR) is 108 cm³/mol. The number of para-hydroxylation sites is 1. The van der Waals surface area contributed by atoms with E-state index in [0.29, 0.717) is 12.2 Å². The van der Waals surface area contributed by atoms with Gasteiger partial charge in [-0.15, -0.1) is 22.7 Å². The molecule has 1 aromatic carbocycles. The van der Waals surface area contributed by atoms with Gasteiger partial charge >= 0.3 is 0 Å². The van der Waals surface area contributed by atoms with Gasteiger partial charge in [-0.2, -0.15) is 0 Å². The molecule has 3 heterocycles. The number of fused-ring (bicyclic) bond motifs is 4. The molecule has 0 spiro atoms. The lowest BCUT2D eigenvalue weighted by Gasteiger charge is -2.20. The lowest BCUT2D eigenvalue weighted by molar-refractivity contribution is 0.451. The van der Waals surface area contributed by atoms with Crippen molar-refractivity contribution in [3.05, 3.63) is 55.9 Å². The topological polar surface area (TPSA) is 58.6 Å². The first kappa shape index (κ1) is 16.1. The van der Waals surface area contributed by atoms with E-state index in [1.54, 1.807) is 22.7 Å². The summed E-state index contributed by atoms with van der Waals surface area (Å²) in [6.07, 6.45) is 5.07. The third-order valence-electron chi connectivity index (χ3n) is 5.30. The van der Waals surface area contributed by atoms with Crippen molar-refractivity contribution in [2.24, 2.45) is 5.92 Å². The smallest absolute Gasteiger partial charge is 0.259 e. The zero-order valence-corrected chi connectivity index (χ0v) is 16.2. The van der Waals surface area contributed by atoms with E-state index in [0.717, 1.165) is 39.5 Å². The first-order valence-electron chi connectivity index (χ1n) is 9.09. The minimum atomic E-state index is 0.0126. The number of nitrogens with one attached hydrogen (secondary N) is 1. The van der Waals surface area contributed by atoms with Gasteiger partial charge in [0.15, 0.2) is 0 Å². The molecule has 4 aromatic rings. The van der Waals surface area contributed by atoms with Crippen LogP contribution in [-0.2, 0) is 19.3 Å². The lowest BCUT2D eigenvalue weighted by atomic mass is 9.86. The Morgan fingerprint density at radius 2 is 2.12 bits per heavy atom. The Morgan fingerprint density at radius 1 is 1.23 bits per heavy atom. The highest BCUT2D eigenvalue weighted by atomic mass is 32.1. The molecule has 26 heavy (non-hydrogen) atoms. The fourth-order valence-electron chi connectivity index (χ4n) is 3.87. The molecule has 0 aliphatic heterocycles. The van der Waals surface area contributed by atoms with Crippen LogP contribution in [0, 0.1) is 5.92 Å². The van der Waals surface area contributed by atoms with Crippen LogP contribution in [0.4, 0.5) is 0 Å². The number of benzene rings is 1. The third-order valence-corrected chi connectivity index (χ3v) is 7.49. The second-order valence-corrected chi connectivity index (χ2v) is 9.16. The number of thiazole rings is 1. The monoisotopic (exact) mass is 381 g/mol. The average Bonchev–Trinajstić information content (AvgIpc) is 3.21. The molecule has 1 atom stereocenters. The molecule has 3 aromatic heterocycles. The number of aryl methyl sites for hydroxylation is 1. The fourth-order valence-corrected chi connectivity index (χ4v) is 6.19. The number of thiophene rings is 1. The molecule has 0 fully saturated rings. The molecule has 132 valence electrons. The number of hydrogen-bond donors (Lipinski definition) is 1. The van der Waals surface area contributed by atoms with Gasteiger partial charge in [0, 0.05) is 4.88 Å². The molecule has 0 saturated carbocycles. The summed E-state index contributed by atoms with van der Waals surface area (Å²) in [5, 5.41) is 1.81. The van der Waals surface area contributed by atoms with Gasteiger partial charge in [0.25, 0.3) is 5.56 Å². The van der Waals surface area contributed by atoms with Crippen molar-refractivity contribution in [1.29, 1.82) is 0 Å². The summed E-state index contributed by atoms with van der Waals surface area (Å²) in [5.74, 6) is 1.46. The van der Waals surface area contributed by atoms with Gasteiger partial charge in [-0.1, -0.05) is 25.5 Å². The van der Waals surface area contributed by atoms with E-state index >= 15 is 0 Å². The molecule has 0 saturated heterocycles. The maximum Gasteiger partial charge on any atom is 0.259 e. The van der Waals surface area contributed by atoms with E-state index in [1.807, 2.05) is 18.2 Å². The molecule has 5 rings (SSSR count). The van der Waals surface area contributed by atoms with Gasteiger partial charge in [-0.25, -0.2) is 9.97 Å². The van der Waals surface area contributed by atoms with E-state index in [4.69, 9.17) is 4.98 Å². The minimum absolute atomic E-state index is 0.0126. The van der Waals surface area contributed by atoms with Crippen molar-refractivity contribution >= 4 is 43.1 Å². The minimum Gasteiger partial charge on any atom is -0.310 e. The van der Waals surface area contributed by atoms with Gasteiger partial charge in [0.05, 0.1) is 22.0 Å². The average molecular weight is 382 g/mol. The van der Waals surface area contributed by atoms with Gasteiger partial charge < -0.3 is 4.98 Å². The number of nitrogens with zero attached hydrogens (tertiary/aromatic N) is 2. The number of H-pyrrole nitrogens is 1. The van der Waals surface area contributed by atoms with Crippen LogP contribution in [0.25, 0.3) is 20.4 Å². The van der Waals surface area contributed by atoms with Crippen LogP contribution in [0.2, 0.25) is 0 Å². The summed E-state index contributed by atoms with van der Waals surface area (Å²) in [6.45, 7) is 2.25. The number of aromatic amines is 1. The first-order chi connectivity index (χ1) is 12.7. The van der Waals surface area contributed by atoms with Crippen molar-refractivity contribution in [2.45, 2.75) is 39.0 Å². The molecular formula is C20H19N3OS2. The highest BCUT2D eigenvalue weighted by Crippen LogP contribution is 2.36. The van der Waals surface area contributed by atoms with Crippen molar-refractivity contribution in [1.82, 2.24) is 15.0 Å². The van der Waals surface area contributed by atoms with Crippen LogP contribution >= 0.6 is 22.7 Å². The maximum atomic E-state index is 12.7. The molecular weight excluding hydrogens is 362 g/mol. The maximum absolute atomic E-state index is 12.7. The van der Waals surface area contributed by atoms with Crippen LogP contribution in [0.15, 0.2) is 29.1 Å². The molecule has 0 bridgehead atoms. The van der Waals surface area contributed by atoms with Crippen molar-refractivity contribution in [3.63, 3.8) is 0 Å². The number of rotatable bonds is 3. The Hall–Kier alpha value is -2.05.